The number of aryl methyl sites for hydroxylation is 2. The third kappa shape index (κ3) is 3.05. The van der Waals surface area contributed by atoms with Gasteiger partial charge in [0.05, 0.1) is 14.2 Å². The zero-order valence-corrected chi connectivity index (χ0v) is 12.7. The van der Waals surface area contributed by atoms with E-state index in [1.54, 1.807) is 18.2 Å². The number of phenols is 2. The van der Waals surface area contributed by atoms with Crippen LogP contribution < -0.4 is 9.47 Å². The van der Waals surface area contributed by atoms with E-state index in [1.165, 1.54) is 14.2 Å². The van der Waals surface area contributed by atoms with Gasteiger partial charge >= 0.3 is 0 Å². The van der Waals surface area contributed by atoms with Gasteiger partial charge in [0.25, 0.3) is 0 Å². The lowest BCUT2D eigenvalue weighted by Crippen LogP contribution is -1.96. The van der Waals surface area contributed by atoms with Crippen LogP contribution in [0.2, 0.25) is 0 Å². The van der Waals surface area contributed by atoms with Crippen LogP contribution >= 0.6 is 0 Å². The van der Waals surface area contributed by atoms with Crippen molar-refractivity contribution in [2.24, 2.45) is 0 Å². The molecule has 0 heterocycles. The molecule has 2 aromatic rings. The molecule has 112 valence electrons. The molecule has 0 aliphatic heterocycles. The van der Waals surface area contributed by atoms with Crippen LogP contribution in [0.3, 0.4) is 0 Å². The number of ether oxygens (including phenoxy) is 2. The number of hydrogen-bond donors (Lipinski definition) is 2. The second-order valence-electron chi connectivity index (χ2n) is 5.10. The number of methoxy groups -OCH3 is 2. The van der Waals surface area contributed by atoms with E-state index in [0.29, 0.717) is 17.9 Å². The maximum Gasteiger partial charge on any atom is 0.161 e. The molecule has 0 radical (unpaired) electrons. The Morgan fingerprint density at radius 3 is 2.14 bits per heavy atom. The third-order valence-electron chi connectivity index (χ3n) is 3.54. The Morgan fingerprint density at radius 2 is 1.52 bits per heavy atom. The molecule has 0 aliphatic carbocycles. The molecule has 2 N–H and O–H groups in total. The van der Waals surface area contributed by atoms with Crippen LogP contribution in [0.5, 0.6) is 23.0 Å². The van der Waals surface area contributed by atoms with Crippen LogP contribution in [0.15, 0.2) is 24.3 Å². The highest BCUT2D eigenvalue weighted by Crippen LogP contribution is 2.35. The highest BCUT2D eigenvalue weighted by Gasteiger charge is 2.13. The first-order valence-electron chi connectivity index (χ1n) is 6.69. The van der Waals surface area contributed by atoms with Gasteiger partial charge in [-0.15, -0.1) is 0 Å². The van der Waals surface area contributed by atoms with Crippen molar-refractivity contribution in [3.05, 3.63) is 46.5 Å². The smallest absolute Gasteiger partial charge is 0.161 e. The van der Waals surface area contributed by atoms with Crippen molar-refractivity contribution >= 4 is 0 Å². The van der Waals surface area contributed by atoms with Gasteiger partial charge in [-0.1, -0.05) is 6.07 Å². The van der Waals surface area contributed by atoms with E-state index in [2.05, 4.69) is 0 Å². The highest BCUT2D eigenvalue weighted by molar-refractivity contribution is 5.52. The average molecular weight is 288 g/mol. The summed E-state index contributed by atoms with van der Waals surface area (Å²) >= 11 is 0. The van der Waals surface area contributed by atoms with Gasteiger partial charge in [-0.3, -0.25) is 0 Å². The molecule has 0 unspecified atom stereocenters. The maximum absolute atomic E-state index is 10.2. The summed E-state index contributed by atoms with van der Waals surface area (Å²) in [5.74, 6) is 1.14. The molecule has 0 amide bonds. The molecule has 0 fully saturated rings. The zero-order chi connectivity index (χ0) is 15.6. The fourth-order valence-electron chi connectivity index (χ4n) is 2.38. The van der Waals surface area contributed by atoms with Crippen molar-refractivity contribution in [2.75, 3.05) is 14.2 Å². The average Bonchev–Trinajstić information content (AvgIpc) is 2.45. The number of hydrogen-bond acceptors (Lipinski definition) is 4. The Morgan fingerprint density at radius 1 is 0.857 bits per heavy atom. The standard InChI is InChI=1S/C17H20O4/c1-10-5-13(17(19)16(6-10)21-4)8-12-9-14(18)15(20-3)7-11(12)2/h5-7,9,18-19H,8H2,1-4H3. The SMILES string of the molecule is COc1cc(C)c(Cc2cc(C)cc(OC)c2O)cc1O. The van der Waals surface area contributed by atoms with E-state index in [1.807, 2.05) is 19.9 Å². The molecule has 0 aliphatic rings. The lowest BCUT2D eigenvalue weighted by atomic mass is 9.97. The summed E-state index contributed by atoms with van der Waals surface area (Å²) in [6.07, 6.45) is 0.507. The van der Waals surface area contributed by atoms with Gasteiger partial charge < -0.3 is 19.7 Å². The van der Waals surface area contributed by atoms with E-state index >= 15 is 0 Å². The molecule has 4 nitrogen and oxygen atoms in total. The first-order valence-corrected chi connectivity index (χ1v) is 6.69. The fraction of sp³-hybridized carbons (Fsp3) is 0.294. The summed E-state index contributed by atoms with van der Waals surface area (Å²) in [4.78, 5) is 0. The number of rotatable bonds is 4. The van der Waals surface area contributed by atoms with E-state index < -0.39 is 0 Å². The first-order chi connectivity index (χ1) is 9.96. The van der Waals surface area contributed by atoms with E-state index in [4.69, 9.17) is 9.47 Å². The largest absolute Gasteiger partial charge is 0.504 e. The summed E-state index contributed by atoms with van der Waals surface area (Å²) < 4.78 is 10.3. The van der Waals surface area contributed by atoms with Gasteiger partial charge in [-0.05, 0) is 48.7 Å². The van der Waals surface area contributed by atoms with Gasteiger partial charge in [0.1, 0.15) is 0 Å². The van der Waals surface area contributed by atoms with Crippen molar-refractivity contribution in [3.63, 3.8) is 0 Å². The number of phenolic OH excluding ortho intramolecular Hbond substituents is 2. The summed E-state index contributed by atoms with van der Waals surface area (Å²) in [7, 11) is 3.05. The summed E-state index contributed by atoms with van der Waals surface area (Å²) in [6, 6.07) is 7.16. The molecule has 4 heteroatoms. The molecule has 2 aromatic carbocycles. The van der Waals surface area contributed by atoms with Crippen molar-refractivity contribution in [2.45, 2.75) is 20.3 Å². The summed E-state index contributed by atoms with van der Waals surface area (Å²) in [6.45, 7) is 3.89. The quantitative estimate of drug-likeness (QED) is 0.906. The van der Waals surface area contributed by atoms with Gasteiger partial charge in [-0.2, -0.15) is 0 Å². The van der Waals surface area contributed by atoms with Crippen LogP contribution in [-0.4, -0.2) is 24.4 Å². The molecular formula is C17H20O4. The van der Waals surface area contributed by atoms with Crippen molar-refractivity contribution in [3.8, 4) is 23.0 Å². The van der Waals surface area contributed by atoms with E-state index in [-0.39, 0.29) is 11.5 Å². The minimum atomic E-state index is 0.0946. The van der Waals surface area contributed by atoms with Gasteiger partial charge in [0, 0.05) is 12.0 Å². The van der Waals surface area contributed by atoms with E-state index in [0.717, 1.165) is 22.3 Å². The Hall–Kier alpha value is -2.36. The predicted octanol–water partition coefficient (Wildman–Crippen LogP) is 3.32. The fourth-order valence-corrected chi connectivity index (χ4v) is 2.38. The second kappa shape index (κ2) is 5.95. The third-order valence-corrected chi connectivity index (χ3v) is 3.54. The van der Waals surface area contributed by atoms with Gasteiger partial charge in [0.15, 0.2) is 23.0 Å². The lowest BCUT2D eigenvalue weighted by molar-refractivity contribution is 0.370. The lowest BCUT2D eigenvalue weighted by Gasteiger charge is -2.13. The molecule has 0 saturated heterocycles. The number of benzene rings is 2. The van der Waals surface area contributed by atoms with Crippen molar-refractivity contribution < 1.29 is 19.7 Å². The predicted molar refractivity (Wildman–Crippen MR) is 81.6 cm³/mol. The molecule has 0 atom stereocenters. The van der Waals surface area contributed by atoms with E-state index in [9.17, 15) is 10.2 Å². The molecule has 0 saturated carbocycles. The Kier molecular flexibility index (Phi) is 4.26. The van der Waals surface area contributed by atoms with Gasteiger partial charge in [-0.25, -0.2) is 0 Å². The second-order valence-corrected chi connectivity index (χ2v) is 5.10. The highest BCUT2D eigenvalue weighted by atomic mass is 16.5. The van der Waals surface area contributed by atoms with Crippen LogP contribution in [0.25, 0.3) is 0 Å². The zero-order valence-electron chi connectivity index (χ0n) is 12.7. The maximum atomic E-state index is 10.2. The number of aromatic hydroxyl groups is 2. The Labute approximate surface area is 124 Å². The topological polar surface area (TPSA) is 58.9 Å². The molecule has 0 spiro atoms. The van der Waals surface area contributed by atoms with Crippen LogP contribution in [-0.2, 0) is 6.42 Å². The van der Waals surface area contributed by atoms with Crippen molar-refractivity contribution in [1.82, 2.24) is 0 Å². The molecule has 0 bridgehead atoms. The molecule has 2 rings (SSSR count). The minimum Gasteiger partial charge on any atom is -0.504 e. The van der Waals surface area contributed by atoms with Gasteiger partial charge in [0.2, 0.25) is 0 Å². The Bertz CT molecular complexity index is 662. The summed E-state index contributed by atoms with van der Waals surface area (Å²) in [5.41, 5.74) is 3.69. The Balaban J connectivity index is 2.43. The van der Waals surface area contributed by atoms with Crippen LogP contribution in [0.4, 0.5) is 0 Å². The van der Waals surface area contributed by atoms with Crippen LogP contribution in [0, 0.1) is 13.8 Å². The molecule has 0 aromatic heterocycles. The first kappa shape index (κ1) is 15.0. The van der Waals surface area contributed by atoms with Crippen LogP contribution in [0.1, 0.15) is 22.3 Å². The minimum absolute atomic E-state index is 0.0946. The monoisotopic (exact) mass is 288 g/mol. The summed E-state index contributed by atoms with van der Waals surface area (Å²) in [5, 5.41) is 20.1. The molecule has 21 heavy (non-hydrogen) atoms. The van der Waals surface area contributed by atoms with Crippen molar-refractivity contribution in [1.29, 1.82) is 0 Å². The normalized spacial score (nSPS) is 10.5. The molecular weight excluding hydrogens is 268 g/mol.